The van der Waals surface area contributed by atoms with Gasteiger partial charge in [0.25, 0.3) is 10.0 Å². The van der Waals surface area contributed by atoms with Crippen molar-refractivity contribution in [1.29, 1.82) is 0 Å². The van der Waals surface area contributed by atoms with Gasteiger partial charge in [-0.05, 0) is 48.2 Å². The molecule has 0 aliphatic rings. The van der Waals surface area contributed by atoms with Gasteiger partial charge in [0, 0.05) is 11.0 Å². The van der Waals surface area contributed by atoms with Crippen LogP contribution in [0.4, 0.5) is 15.8 Å². The summed E-state index contributed by atoms with van der Waals surface area (Å²) in [6.45, 7) is 1.41. The van der Waals surface area contributed by atoms with Crippen molar-refractivity contribution >= 4 is 50.7 Å². The molecule has 3 aromatic rings. The maximum absolute atomic E-state index is 13.8. The van der Waals surface area contributed by atoms with Crippen molar-refractivity contribution in [3.63, 3.8) is 0 Å². The van der Waals surface area contributed by atoms with E-state index in [1.54, 1.807) is 23.9 Å². The molecule has 0 aliphatic heterocycles. The molecule has 1 N–H and O–H groups in total. The van der Waals surface area contributed by atoms with Crippen molar-refractivity contribution in [2.24, 2.45) is 0 Å². The third-order valence-corrected chi connectivity index (χ3v) is 7.90. The number of nitrogens with zero attached hydrogens (tertiary/aromatic N) is 1. The first kappa shape index (κ1) is 26.7. The molecule has 0 heterocycles. The van der Waals surface area contributed by atoms with Gasteiger partial charge in [0.1, 0.15) is 12.4 Å². The lowest BCUT2D eigenvalue weighted by molar-refractivity contribution is -0.114. The highest BCUT2D eigenvalue weighted by Crippen LogP contribution is 2.33. The molecule has 0 atom stereocenters. The van der Waals surface area contributed by atoms with Crippen LogP contribution in [0.5, 0.6) is 11.5 Å². The van der Waals surface area contributed by atoms with Gasteiger partial charge in [-0.25, -0.2) is 12.8 Å². The minimum atomic E-state index is -4.30. The van der Waals surface area contributed by atoms with E-state index in [2.05, 4.69) is 5.32 Å². The minimum absolute atomic E-state index is 0.0255. The standard InChI is InChI=1S/C24H24ClFN2O5S2/c1-4-34-23-8-6-5-7-20(23)27-24(29)15-28(16-9-11-19(26)18(25)13-16)35(30,31)17-10-12-21(32-2)22(14-17)33-3/h5-14H,4,15H2,1-3H3,(H,27,29). The van der Waals surface area contributed by atoms with Gasteiger partial charge in [-0.2, -0.15) is 0 Å². The second-order valence-corrected chi connectivity index (χ2v) is 10.7. The zero-order valence-corrected chi connectivity index (χ0v) is 21.6. The summed E-state index contributed by atoms with van der Waals surface area (Å²) in [5.41, 5.74) is 0.586. The SMILES string of the molecule is CCSc1ccccc1NC(=O)CN(c1ccc(F)c(Cl)c1)S(=O)(=O)c1ccc(OC)c(OC)c1. The molecule has 7 nitrogen and oxygen atoms in total. The molecule has 3 rings (SSSR count). The first-order valence-electron chi connectivity index (χ1n) is 10.4. The molecule has 35 heavy (non-hydrogen) atoms. The van der Waals surface area contributed by atoms with Crippen LogP contribution in [0.3, 0.4) is 0 Å². The molecule has 0 fully saturated rings. The topological polar surface area (TPSA) is 84.9 Å². The van der Waals surface area contributed by atoms with Gasteiger partial charge in [-0.1, -0.05) is 30.7 Å². The van der Waals surface area contributed by atoms with E-state index < -0.39 is 28.3 Å². The molecule has 3 aromatic carbocycles. The van der Waals surface area contributed by atoms with E-state index >= 15 is 0 Å². The lowest BCUT2D eigenvalue weighted by atomic mass is 10.3. The Labute approximate surface area is 213 Å². The number of amides is 1. The fourth-order valence-corrected chi connectivity index (χ4v) is 5.59. The molecule has 0 unspecified atom stereocenters. The minimum Gasteiger partial charge on any atom is -0.493 e. The highest BCUT2D eigenvalue weighted by molar-refractivity contribution is 7.99. The molecule has 0 radical (unpaired) electrons. The molecule has 0 saturated carbocycles. The van der Waals surface area contributed by atoms with Gasteiger partial charge in [0.05, 0.1) is 35.5 Å². The van der Waals surface area contributed by atoms with Crippen LogP contribution in [0.1, 0.15) is 6.92 Å². The Balaban J connectivity index is 2.02. The quantitative estimate of drug-likeness (QED) is 0.346. The number of carbonyl (C=O) groups excluding carboxylic acids is 1. The van der Waals surface area contributed by atoms with Crippen LogP contribution < -0.4 is 19.1 Å². The molecule has 0 bridgehead atoms. The summed E-state index contributed by atoms with van der Waals surface area (Å²) in [4.78, 5) is 13.7. The van der Waals surface area contributed by atoms with Crippen molar-refractivity contribution in [2.75, 3.05) is 36.1 Å². The Morgan fingerprint density at radius 2 is 1.77 bits per heavy atom. The zero-order chi connectivity index (χ0) is 25.6. The predicted molar refractivity (Wildman–Crippen MR) is 137 cm³/mol. The van der Waals surface area contributed by atoms with Gasteiger partial charge in [-0.3, -0.25) is 9.10 Å². The van der Waals surface area contributed by atoms with Crippen LogP contribution in [-0.4, -0.2) is 40.8 Å². The lowest BCUT2D eigenvalue weighted by Crippen LogP contribution is -2.38. The summed E-state index contributed by atoms with van der Waals surface area (Å²) in [6.07, 6.45) is 0. The van der Waals surface area contributed by atoms with Gasteiger partial charge in [-0.15, -0.1) is 11.8 Å². The Morgan fingerprint density at radius 3 is 2.43 bits per heavy atom. The second kappa shape index (κ2) is 11.7. The molecular weight excluding hydrogens is 515 g/mol. The summed E-state index contributed by atoms with van der Waals surface area (Å²) >= 11 is 7.47. The Bertz CT molecular complexity index is 1320. The number of halogens is 2. The summed E-state index contributed by atoms with van der Waals surface area (Å²) in [5.74, 6) is 0.0274. The van der Waals surface area contributed by atoms with Gasteiger partial charge < -0.3 is 14.8 Å². The third kappa shape index (κ3) is 6.19. The van der Waals surface area contributed by atoms with E-state index in [1.807, 2.05) is 19.1 Å². The molecule has 0 aliphatic carbocycles. The molecule has 11 heteroatoms. The van der Waals surface area contributed by atoms with E-state index in [0.29, 0.717) is 11.4 Å². The number of hydrogen-bond acceptors (Lipinski definition) is 6. The average molecular weight is 539 g/mol. The summed E-state index contributed by atoms with van der Waals surface area (Å²) in [5, 5.41) is 2.49. The maximum Gasteiger partial charge on any atom is 0.264 e. The Morgan fingerprint density at radius 1 is 1.06 bits per heavy atom. The highest BCUT2D eigenvalue weighted by Gasteiger charge is 2.29. The van der Waals surface area contributed by atoms with Crippen LogP contribution in [0, 0.1) is 5.82 Å². The van der Waals surface area contributed by atoms with E-state index in [1.165, 1.54) is 38.5 Å². The van der Waals surface area contributed by atoms with Gasteiger partial charge >= 0.3 is 0 Å². The van der Waals surface area contributed by atoms with Gasteiger partial charge in [0.15, 0.2) is 11.5 Å². The molecule has 0 spiro atoms. The van der Waals surface area contributed by atoms with E-state index in [-0.39, 0.29) is 21.4 Å². The predicted octanol–water partition coefficient (Wildman–Crippen LogP) is 5.44. The van der Waals surface area contributed by atoms with E-state index in [4.69, 9.17) is 21.1 Å². The third-order valence-electron chi connectivity index (χ3n) is 4.88. The molecule has 1 amide bonds. The van der Waals surface area contributed by atoms with Crippen LogP contribution >= 0.6 is 23.4 Å². The largest absolute Gasteiger partial charge is 0.493 e. The number of benzene rings is 3. The number of rotatable bonds is 10. The number of methoxy groups -OCH3 is 2. The summed E-state index contributed by atoms with van der Waals surface area (Å²) in [7, 11) is -1.49. The summed E-state index contributed by atoms with van der Waals surface area (Å²) < 4.78 is 52.4. The average Bonchev–Trinajstić information content (AvgIpc) is 2.85. The van der Waals surface area contributed by atoms with Crippen LogP contribution in [0.15, 0.2) is 70.5 Å². The number of carbonyl (C=O) groups is 1. The van der Waals surface area contributed by atoms with Crippen molar-refractivity contribution in [3.8, 4) is 11.5 Å². The first-order valence-corrected chi connectivity index (χ1v) is 13.2. The molecule has 0 saturated heterocycles. The maximum atomic E-state index is 13.8. The highest BCUT2D eigenvalue weighted by atomic mass is 35.5. The fourth-order valence-electron chi connectivity index (χ4n) is 3.23. The first-order chi connectivity index (χ1) is 16.7. The smallest absolute Gasteiger partial charge is 0.264 e. The molecule has 186 valence electrons. The Hall–Kier alpha value is -2.95. The monoisotopic (exact) mass is 538 g/mol. The van der Waals surface area contributed by atoms with Crippen LogP contribution in [0.2, 0.25) is 5.02 Å². The number of hydrogen-bond donors (Lipinski definition) is 1. The van der Waals surface area contributed by atoms with Crippen molar-refractivity contribution < 1.29 is 27.1 Å². The second-order valence-electron chi connectivity index (χ2n) is 7.10. The van der Waals surface area contributed by atoms with Crippen molar-refractivity contribution in [3.05, 3.63) is 71.5 Å². The number of sulfonamides is 1. The van der Waals surface area contributed by atoms with Crippen molar-refractivity contribution in [2.45, 2.75) is 16.7 Å². The zero-order valence-electron chi connectivity index (χ0n) is 19.2. The van der Waals surface area contributed by atoms with Crippen LogP contribution in [0.25, 0.3) is 0 Å². The summed E-state index contributed by atoms with van der Waals surface area (Å²) in [6, 6.07) is 14.7. The van der Waals surface area contributed by atoms with Crippen molar-refractivity contribution in [1.82, 2.24) is 0 Å². The lowest BCUT2D eigenvalue weighted by Gasteiger charge is -2.25. The fraction of sp³-hybridized carbons (Fsp3) is 0.208. The number of nitrogens with one attached hydrogen (secondary N) is 1. The van der Waals surface area contributed by atoms with E-state index in [9.17, 15) is 17.6 Å². The Kier molecular flexibility index (Phi) is 8.87. The molecular formula is C24H24ClFN2O5S2. The van der Waals surface area contributed by atoms with E-state index in [0.717, 1.165) is 27.1 Å². The number of anilines is 2. The number of para-hydroxylation sites is 1. The molecule has 0 aromatic heterocycles. The van der Waals surface area contributed by atoms with Gasteiger partial charge in [0.2, 0.25) is 5.91 Å². The van der Waals surface area contributed by atoms with Crippen LogP contribution in [-0.2, 0) is 14.8 Å². The number of thioether (sulfide) groups is 1. The normalized spacial score (nSPS) is 11.1. The number of ether oxygens (including phenoxy) is 2.